The SMILES string of the molecule is O=C(NCc1csc2ccccc12)NC[C@H]1CCOC1. The van der Waals surface area contributed by atoms with Crippen molar-refractivity contribution in [3.05, 3.63) is 35.2 Å². The van der Waals surface area contributed by atoms with Crippen LogP contribution in [0.3, 0.4) is 0 Å². The molecule has 1 atom stereocenters. The minimum atomic E-state index is -0.104. The third kappa shape index (κ3) is 3.11. The molecule has 4 nitrogen and oxygen atoms in total. The molecule has 0 radical (unpaired) electrons. The van der Waals surface area contributed by atoms with Gasteiger partial charge in [0, 0.05) is 30.3 Å². The molecule has 106 valence electrons. The van der Waals surface area contributed by atoms with E-state index >= 15 is 0 Å². The van der Waals surface area contributed by atoms with E-state index in [1.54, 1.807) is 11.3 Å². The lowest BCUT2D eigenvalue weighted by Gasteiger charge is -2.10. The Bertz CT molecular complexity index is 590. The standard InChI is InChI=1S/C15H18N2O2S/c18-15(16-7-11-5-6-19-9-11)17-8-12-10-20-14-4-2-1-3-13(12)14/h1-4,10-11H,5-9H2,(H2,16,17,18)/t11-/m1/s1. The number of carbonyl (C=O) groups is 1. The Morgan fingerprint density at radius 1 is 1.35 bits per heavy atom. The number of rotatable bonds is 4. The van der Waals surface area contributed by atoms with Gasteiger partial charge in [0.25, 0.3) is 0 Å². The van der Waals surface area contributed by atoms with E-state index < -0.39 is 0 Å². The maximum atomic E-state index is 11.8. The summed E-state index contributed by atoms with van der Waals surface area (Å²) in [6, 6.07) is 8.15. The lowest BCUT2D eigenvalue weighted by molar-refractivity contribution is 0.185. The molecule has 1 aromatic carbocycles. The summed E-state index contributed by atoms with van der Waals surface area (Å²) in [5.74, 6) is 0.461. The van der Waals surface area contributed by atoms with Gasteiger partial charge in [0.1, 0.15) is 0 Å². The van der Waals surface area contributed by atoms with Gasteiger partial charge in [-0.25, -0.2) is 4.79 Å². The number of fused-ring (bicyclic) bond motifs is 1. The van der Waals surface area contributed by atoms with Crippen LogP contribution in [0.4, 0.5) is 4.79 Å². The van der Waals surface area contributed by atoms with Gasteiger partial charge in [0.05, 0.1) is 6.61 Å². The van der Waals surface area contributed by atoms with E-state index in [1.807, 2.05) is 12.1 Å². The van der Waals surface area contributed by atoms with Crippen LogP contribution in [0.25, 0.3) is 10.1 Å². The first kappa shape index (κ1) is 13.4. The fourth-order valence-electron chi connectivity index (χ4n) is 2.39. The molecule has 2 heterocycles. The van der Waals surface area contributed by atoms with E-state index in [0.717, 1.165) is 19.6 Å². The molecule has 5 heteroatoms. The van der Waals surface area contributed by atoms with Gasteiger partial charge in [-0.15, -0.1) is 11.3 Å². The zero-order valence-corrected chi connectivity index (χ0v) is 12.0. The first-order valence-electron chi connectivity index (χ1n) is 6.87. The average Bonchev–Trinajstić information content (AvgIpc) is 3.12. The molecule has 1 aliphatic rings. The first-order chi connectivity index (χ1) is 9.83. The zero-order valence-electron chi connectivity index (χ0n) is 11.2. The van der Waals surface area contributed by atoms with Crippen LogP contribution < -0.4 is 10.6 Å². The summed E-state index contributed by atoms with van der Waals surface area (Å²) in [7, 11) is 0. The average molecular weight is 290 g/mol. The van der Waals surface area contributed by atoms with Crippen LogP contribution in [-0.2, 0) is 11.3 Å². The molecule has 0 unspecified atom stereocenters. The van der Waals surface area contributed by atoms with E-state index in [0.29, 0.717) is 19.0 Å². The van der Waals surface area contributed by atoms with Gasteiger partial charge in [0.2, 0.25) is 0 Å². The van der Waals surface area contributed by atoms with Gasteiger partial charge < -0.3 is 15.4 Å². The number of thiophene rings is 1. The van der Waals surface area contributed by atoms with Crippen LogP contribution >= 0.6 is 11.3 Å². The van der Waals surface area contributed by atoms with Crippen LogP contribution in [-0.4, -0.2) is 25.8 Å². The summed E-state index contributed by atoms with van der Waals surface area (Å²) in [5, 5.41) is 9.16. The highest BCUT2D eigenvalue weighted by molar-refractivity contribution is 7.17. The summed E-state index contributed by atoms with van der Waals surface area (Å²) in [6.07, 6.45) is 1.04. The molecule has 0 spiro atoms. The minimum absolute atomic E-state index is 0.104. The molecular weight excluding hydrogens is 272 g/mol. The Labute approximate surface area is 122 Å². The number of amides is 2. The molecule has 2 N–H and O–H groups in total. The highest BCUT2D eigenvalue weighted by Gasteiger charge is 2.16. The van der Waals surface area contributed by atoms with Crippen LogP contribution in [0.1, 0.15) is 12.0 Å². The van der Waals surface area contributed by atoms with Gasteiger partial charge in [-0.1, -0.05) is 18.2 Å². The predicted octanol–water partition coefficient (Wildman–Crippen LogP) is 2.74. The second-order valence-electron chi connectivity index (χ2n) is 5.05. The number of hydrogen-bond donors (Lipinski definition) is 2. The predicted molar refractivity (Wildman–Crippen MR) is 81.0 cm³/mol. The van der Waals surface area contributed by atoms with E-state index in [9.17, 15) is 4.79 Å². The topological polar surface area (TPSA) is 50.4 Å². The van der Waals surface area contributed by atoms with Crippen molar-refractivity contribution in [3.8, 4) is 0 Å². The van der Waals surface area contributed by atoms with E-state index in [2.05, 4.69) is 28.1 Å². The summed E-state index contributed by atoms with van der Waals surface area (Å²) >= 11 is 1.71. The fraction of sp³-hybridized carbons (Fsp3) is 0.400. The lowest BCUT2D eigenvalue weighted by atomic mass is 10.1. The molecular formula is C15H18N2O2S. The molecule has 0 bridgehead atoms. The molecule has 1 fully saturated rings. The van der Waals surface area contributed by atoms with Crippen molar-refractivity contribution in [2.45, 2.75) is 13.0 Å². The number of carbonyl (C=O) groups excluding carboxylic acids is 1. The Morgan fingerprint density at radius 2 is 2.25 bits per heavy atom. The molecule has 1 aliphatic heterocycles. The van der Waals surface area contributed by atoms with Crippen molar-refractivity contribution in [1.82, 2.24) is 10.6 Å². The number of hydrogen-bond acceptors (Lipinski definition) is 3. The Balaban J connectivity index is 1.49. The van der Waals surface area contributed by atoms with Crippen molar-refractivity contribution in [1.29, 1.82) is 0 Å². The van der Waals surface area contributed by atoms with Crippen molar-refractivity contribution < 1.29 is 9.53 Å². The smallest absolute Gasteiger partial charge is 0.315 e. The minimum Gasteiger partial charge on any atom is -0.381 e. The number of urea groups is 1. The fourth-order valence-corrected chi connectivity index (χ4v) is 3.35. The molecule has 1 aromatic heterocycles. The molecule has 0 aliphatic carbocycles. The maximum Gasteiger partial charge on any atom is 0.315 e. The van der Waals surface area contributed by atoms with Gasteiger partial charge >= 0.3 is 6.03 Å². The van der Waals surface area contributed by atoms with Crippen molar-refractivity contribution in [2.24, 2.45) is 5.92 Å². The zero-order chi connectivity index (χ0) is 13.8. The maximum absolute atomic E-state index is 11.8. The molecule has 2 amide bonds. The Hall–Kier alpha value is -1.59. The Kier molecular flexibility index (Phi) is 4.18. The largest absolute Gasteiger partial charge is 0.381 e. The van der Waals surface area contributed by atoms with Crippen molar-refractivity contribution >= 4 is 27.5 Å². The third-order valence-corrected chi connectivity index (χ3v) is 4.59. The van der Waals surface area contributed by atoms with Crippen molar-refractivity contribution in [3.63, 3.8) is 0 Å². The molecule has 3 rings (SSSR count). The number of benzene rings is 1. The molecule has 20 heavy (non-hydrogen) atoms. The van der Waals surface area contributed by atoms with Gasteiger partial charge in [-0.3, -0.25) is 0 Å². The summed E-state index contributed by atoms with van der Waals surface area (Å²) in [5.41, 5.74) is 1.17. The van der Waals surface area contributed by atoms with Crippen LogP contribution in [0.2, 0.25) is 0 Å². The van der Waals surface area contributed by atoms with E-state index in [1.165, 1.54) is 15.6 Å². The van der Waals surface area contributed by atoms with E-state index in [-0.39, 0.29) is 6.03 Å². The summed E-state index contributed by atoms with van der Waals surface area (Å²) in [6.45, 7) is 2.83. The van der Waals surface area contributed by atoms with E-state index in [4.69, 9.17) is 4.74 Å². The number of ether oxygens (including phenoxy) is 1. The second-order valence-corrected chi connectivity index (χ2v) is 5.96. The van der Waals surface area contributed by atoms with Crippen molar-refractivity contribution in [2.75, 3.05) is 19.8 Å². The molecule has 1 saturated heterocycles. The molecule has 2 aromatic rings. The van der Waals surface area contributed by atoms with Gasteiger partial charge in [-0.05, 0) is 28.8 Å². The Morgan fingerprint density at radius 3 is 3.10 bits per heavy atom. The summed E-state index contributed by atoms with van der Waals surface area (Å²) in [4.78, 5) is 11.8. The quantitative estimate of drug-likeness (QED) is 0.909. The van der Waals surface area contributed by atoms with Crippen LogP contribution in [0.15, 0.2) is 29.6 Å². The molecule has 0 saturated carbocycles. The lowest BCUT2D eigenvalue weighted by Crippen LogP contribution is -2.37. The highest BCUT2D eigenvalue weighted by atomic mass is 32.1. The van der Waals surface area contributed by atoms with Crippen LogP contribution in [0.5, 0.6) is 0 Å². The first-order valence-corrected chi connectivity index (χ1v) is 7.75. The van der Waals surface area contributed by atoms with Crippen LogP contribution in [0, 0.1) is 5.92 Å². The monoisotopic (exact) mass is 290 g/mol. The second kappa shape index (κ2) is 6.24. The van der Waals surface area contributed by atoms with Gasteiger partial charge in [0.15, 0.2) is 0 Å². The normalized spacial score (nSPS) is 18.3. The van der Waals surface area contributed by atoms with Gasteiger partial charge in [-0.2, -0.15) is 0 Å². The summed E-state index contributed by atoms with van der Waals surface area (Å²) < 4.78 is 6.54. The number of nitrogens with one attached hydrogen (secondary N) is 2. The highest BCUT2D eigenvalue weighted by Crippen LogP contribution is 2.25. The third-order valence-electron chi connectivity index (χ3n) is 3.58.